The Balaban J connectivity index is 2.18. The molecular formula is C11H16ClN3O3. The van der Waals surface area contributed by atoms with Crippen molar-refractivity contribution in [3.8, 4) is 0 Å². The average molecular weight is 274 g/mol. The Morgan fingerprint density at radius 3 is 2.94 bits per heavy atom. The number of hydrogen-bond donors (Lipinski definition) is 1. The molecule has 1 aliphatic heterocycles. The van der Waals surface area contributed by atoms with E-state index in [-0.39, 0.29) is 6.61 Å². The van der Waals surface area contributed by atoms with Crippen molar-refractivity contribution in [2.75, 3.05) is 19.8 Å². The van der Waals surface area contributed by atoms with Crippen LogP contribution >= 0.6 is 11.6 Å². The van der Waals surface area contributed by atoms with Crippen molar-refractivity contribution in [2.45, 2.75) is 19.5 Å². The second kappa shape index (κ2) is 5.26. The fraction of sp³-hybridized carbons (Fsp3) is 0.636. The van der Waals surface area contributed by atoms with Gasteiger partial charge < -0.3 is 9.84 Å². The van der Waals surface area contributed by atoms with Crippen molar-refractivity contribution < 1.29 is 14.6 Å². The number of aromatic nitrogens is 2. The van der Waals surface area contributed by atoms with Crippen LogP contribution in [-0.2, 0) is 23.1 Å². The quantitative estimate of drug-likeness (QED) is 0.877. The van der Waals surface area contributed by atoms with Gasteiger partial charge in [-0.1, -0.05) is 11.6 Å². The highest BCUT2D eigenvalue weighted by Gasteiger charge is 2.30. The summed E-state index contributed by atoms with van der Waals surface area (Å²) >= 11 is 6.16. The Kier molecular flexibility index (Phi) is 3.89. The van der Waals surface area contributed by atoms with Gasteiger partial charge in [0.1, 0.15) is 11.2 Å². The van der Waals surface area contributed by atoms with Gasteiger partial charge in [0.25, 0.3) is 0 Å². The molecule has 2 rings (SSSR count). The molecule has 1 unspecified atom stereocenters. The summed E-state index contributed by atoms with van der Waals surface area (Å²) in [6.07, 6.45) is 0. The number of halogens is 1. The fourth-order valence-electron chi connectivity index (χ4n) is 2.11. The molecule has 1 atom stereocenters. The third kappa shape index (κ3) is 2.50. The van der Waals surface area contributed by atoms with Crippen LogP contribution in [0.25, 0.3) is 0 Å². The van der Waals surface area contributed by atoms with Crippen LogP contribution in [0, 0.1) is 6.92 Å². The highest BCUT2D eigenvalue weighted by atomic mass is 35.5. The maximum Gasteiger partial charge on any atom is 0.323 e. The average Bonchev–Trinajstić information content (AvgIpc) is 2.56. The lowest BCUT2D eigenvalue weighted by atomic mass is 10.2. The van der Waals surface area contributed by atoms with Crippen molar-refractivity contribution in [1.82, 2.24) is 14.7 Å². The number of hydrogen-bond acceptors (Lipinski definition) is 4. The molecule has 0 spiro atoms. The maximum atomic E-state index is 11.2. The molecular weight excluding hydrogens is 258 g/mol. The number of morpholine rings is 1. The van der Waals surface area contributed by atoms with E-state index in [4.69, 9.17) is 21.4 Å². The van der Waals surface area contributed by atoms with E-state index in [2.05, 4.69) is 5.10 Å². The standard InChI is InChI=1S/C11H16ClN3O3/c1-7-8(10(12)14(2)13-7)5-15-3-4-18-6-9(15)11(16)17/h9H,3-6H2,1-2H3,(H,16,17). The first-order chi connectivity index (χ1) is 8.50. The van der Waals surface area contributed by atoms with E-state index in [1.807, 2.05) is 11.8 Å². The molecule has 7 heteroatoms. The molecule has 1 fully saturated rings. The Hall–Kier alpha value is -1.11. The Labute approximate surface area is 110 Å². The molecule has 0 bridgehead atoms. The van der Waals surface area contributed by atoms with Crippen molar-refractivity contribution in [3.63, 3.8) is 0 Å². The first-order valence-corrected chi connectivity index (χ1v) is 6.11. The van der Waals surface area contributed by atoms with E-state index in [1.165, 1.54) is 0 Å². The normalized spacial score (nSPS) is 21.2. The Bertz CT molecular complexity index is 461. The minimum absolute atomic E-state index is 0.215. The molecule has 1 aromatic heterocycles. The summed E-state index contributed by atoms with van der Waals surface area (Å²) in [5.41, 5.74) is 1.71. The van der Waals surface area contributed by atoms with Crippen LogP contribution in [-0.4, -0.2) is 51.6 Å². The van der Waals surface area contributed by atoms with Gasteiger partial charge in [0.2, 0.25) is 0 Å². The van der Waals surface area contributed by atoms with E-state index >= 15 is 0 Å². The van der Waals surface area contributed by atoms with Crippen LogP contribution in [0.1, 0.15) is 11.3 Å². The number of carboxylic acids is 1. The minimum atomic E-state index is -0.868. The number of carboxylic acid groups (broad SMARTS) is 1. The van der Waals surface area contributed by atoms with Crippen LogP contribution in [0.4, 0.5) is 0 Å². The van der Waals surface area contributed by atoms with Gasteiger partial charge in [-0.05, 0) is 6.92 Å². The molecule has 1 aromatic rings. The topological polar surface area (TPSA) is 67.6 Å². The van der Waals surface area contributed by atoms with Gasteiger partial charge in [-0.2, -0.15) is 5.10 Å². The molecule has 18 heavy (non-hydrogen) atoms. The summed E-state index contributed by atoms with van der Waals surface area (Å²) < 4.78 is 6.80. The Morgan fingerprint density at radius 1 is 1.67 bits per heavy atom. The van der Waals surface area contributed by atoms with Gasteiger partial charge in [-0.15, -0.1) is 0 Å². The number of carbonyl (C=O) groups is 1. The summed E-state index contributed by atoms with van der Waals surface area (Å²) in [6, 6.07) is -0.616. The van der Waals surface area contributed by atoms with Crippen LogP contribution in [0.3, 0.4) is 0 Å². The number of aryl methyl sites for hydroxylation is 2. The van der Waals surface area contributed by atoms with Crippen molar-refractivity contribution in [2.24, 2.45) is 7.05 Å². The summed E-state index contributed by atoms with van der Waals surface area (Å²) in [6.45, 7) is 3.70. The zero-order valence-corrected chi connectivity index (χ0v) is 11.1. The molecule has 1 saturated heterocycles. The molecule has 100 valence electrons. The van der Waals surface area contributed by atoms with Crippen LogP contribution < -0.4 is 0 Å². The third-order valence-electron chi connectivity index (χ3n) is 3.16. The van der Waals surface area contributed by atoms with Crippen molar-refractivity contribution in [3.05, 3.63) is 16.4 Å². The largest absolute Gasteiger partial charge is 0.480 e. The van der Waals surface area contributed by atoms with E-state index in [0.29, 0.717) is 24.8 Å². The summed E-state index contributed by atoms with van der Waals surface area (Å²) in [4.78, 5) is 13.0. The molecule has 0 saturated carbocycles. The molecule has 2 heterocycles. The van der Waals surface area contributed by atoms with E-state index in [1.54, 1.807) is 11.7 Å². The van der Waals surface area contributed by atoms with Gasteiger partial charge in [-0.3, -0.25) is 14.4 Å². The second-order valence-corrected chi connectivity index (χ2v) is 4.74. The highest BCUT2D eigenvalue weighted by molar-refractivity contribution is 6.30. The molecule has 0 amide bonds. The van der Waals surface area contributed by atoms with Crippen LogP contribution in [0.2, 0.25) is 5.15 Å². The lowest BCUT2D eigenvalue weighted by Crippen LogP contribution is -2.49. The van der Waals surface area contributed by atoms with Gasteiger partial charge >= 0.3 is 5.97 Å². The summed E-state index contributed by atoms with van der Waals surface area (Å²) in [7, 11) is 1.77. The zero-order valence-electron chi connectivity index (χ0n) is 10.4. The lowest BCUT2D eigenvalue weighted by molar-refractivity contribution is -0.150. The molecule has 0 radical (unpaired) electrons. The lowest BCUT2D eigenvalue weighted by Gasteiger charge is -2.32. The third-order valence-corrected chi connectivity index (χ3v) is 3.63. The van der Waals surface area contributed by atoms with Crippen molar-refractivity contribution in [1.29, 1.82) is 0 Å². The van der Waals surface area contributed by atoms with Crippen molar-refractivity contribution >= 4 is 17.6 Å². The smallest absolute Gasteiger partial charge is 0.323 e. The predicted octanol–water partition coefficient (Wildman–Crippen LogP) is 0.667. The predicted molar refractivity (Wildman–Crippen MR) is 65.6 cm³/mol. The summed E-state index contributed by atoms with van der Waals surface area (Å²) in [5.74, 6) is -0.868. The Morgan fingerprint density at radius 2 is 2.39 bits per heavy atom. The second-order valence-electron chi connectivity index (χ2n) is 4.38. The first-order valence-electron chi connectivity index (χ1n) is 5.73. The maximum absolute atomic E-state index is 11.2. The number of ether oxygens (including phenoxy) is 1. The minimum Gasteiger partial charge on any atom is -0.480 e. The molecule has 6 nitrogen and oxygen atoms in total. The van der Waals surface area contributed by atoms with Gasteiger partial charge in [-0.25, -0.2) is 0 Å². The summed E-state index contributed by atoms with van der Waals surface area (Å²) in [5, 5.41) is 13.9. The molecule has 0 aromatic carbocycles. The first kappa shape index (κ1) is 13.3. The fourth-order valence-corrected chi connectivity index (χ4v) is 2.35. The van der Waals surface area contributed by atoms with E-state index < -0.39 is 12.0 Å². The number of nitrogens with zero attached hydrogens (tertiary/aromatic N) is 3. The van der Waals surface area contributed by atoms with Crippen LogP contribution in [0.15, 0.2) is 0 Å². The van der Waals surface area contributed by atoms with E-state index in [9.17, 15) is 4.79 Å². The van der Waals surface area contributed by atoms with Gasteiger partial charge in [0.05, 0.1) is 18.9 Å². The number of rotatable bonds is 3. The zero-order chi connectivity index (χ0) is 13.3. The monoisotopic (exact) mass is 273 g/mol. The van der Waals surface area contributed by atoms with Gasteiger partial charge in [0, 0.05) is 25.7 Å². The van der Waals surface area contributed by atoms with Crippen LogP contribution in [0.5, 0.6) is 0 Å². The SMILES string of the molecule is Cc1nn(C)c(Cl)c1CN1CCOCC1C(=O)O. The number of aliphatic carboxylic acids is 1. The molecule has 1 aliphatic rings. The molecule has 1 N–H and O–H groups in total. The van der Waals surface area contributed by atoms with Gasteiger partial charge in [0.15, 0.2) is 0 Å². The molecule has 0 aliphatic carbocycles. The highest BCUT2D eigenvalue weighted by Crippen LogP contribution is 2.22. The van der Waals surface area contributed by atoms with E-state index in [0.717, 1.165) is 11.3 Å².